The van der Waals surface area contributed by atoms with Crippen LogP contribution in [0.3, 0.4) is 0 Å². The molecule has 0 aliphatic carbocycles. The van der Waals surface area contributed by atoms with E-state index in [4.69, 9.17) is 0 Å². The van der Waals surface area contributed by atoms with Crippen molar-refractivity contribution >= 4 is 0 Å². The smallest absolute Gasteiger partial charge is 0.0949 e. The Morgan fingerprint density at radius 1 is 1.55 bits per heavy atom. The fourth-order valence-corrected chi connectivity index (χ4v) is 0.863. The van der Waals surface area contributed by atoms with E-state index in [1.807, 2.05) is 17.7 Å². The van der Waals surface area contributed by atoms with Gasteiger partial charge >= 0.3 is 0 Å². The van der Waals surface area contributed by atoms with E-state index in [0.717, 1.165) is 0 Å². The number of aliphatic hydroxyl groups is 1. The Morgan fingerprint density at radius 2 is 2.18 bits per heavy atom. The minimum absolute atomic E-state index is 0.0602. The zero-order chi connectivity index (χ0) is 8.48. The van der Waals surface area contributed by atoms with Crippen LogP contribution in [0, 0.1) is 0 Å². The van der Waals surface area contributed by atoms with E-state index < -0.39 is 5.60 Å². The van der Waals surface area contributed by atoms with Crippen LogP contribution in [0.15, 0.2) is 18.7 Å². The van der Waals surface area contributed by atoms with Crippen LogP contribution in [-0.4, -0.2) is 20.3 Å². The highest BCUT2D eigenvalue weighted by molar-refractivity contribution is 4.85. The van der Waals surface area contributed by atoms with Gasteiger partial charge in [0.25, 0.3) is 0 Å². The van der Waals surface area contributed by atoms with Gasteiger partial charge in [-0.05, 0) is 20.8 Å². The molecule has 1 rings (SSSR count). The third-order valence-corrected chi connectivity index (χ3v) is 1.99. The molecule has 1 unspecified atom stereocenters. The van der Waals surface area contributed by atoms with Gasteiger partial charge in [0.05, 0.1) is 18.0 Å². The Hall–Kier alpha value is -0.830. The van der Waals surface area contributed by atoms with Crippen molar-refractivity contribution in [3.63, 3.8) is 0 Å². The van der Waals surface area contributed by atoms with E-state index in [1.54, 1.807) is 26.4 Å². The lowest BCUT2D eigenvalue weighted by atomic mass is 10.0. The second-order valence-corrected chi connectivity index (χ2v) is 3.34. The molecule has 1 aromatic rings. The normalized spacial score (nSPS) is 14.9. The van der Waals surface area contributed by atoms with E-state index in [1.165, 1.54) is 0 Å². The van der Waals surface area contributed by atoms with Gasteiger partial charge in [-0.15, -0.1) is 0 Å². The summed E-state index contributed by atoms with van der Waals surface area (Å²) >= 11 is 0. The van der Waals surface area contributed by atoms with Crippen molar-refractivity contribution in [3.05, 3.63) is 18.7 Å². The summed E-state index contributed by atoms with van der Waals surface area (Å²) in [6, 6.07) is 0.0602. The average Bonchev–Trinajstić information content (AvgIpc) is 2.34. The molecule has 0 aliphatic heterocycles. The van der Waals surface area contributed by atoms with Crippen LogP contribution in [0.1, 0.15) is 26.8 Å². The molecule has 0 amide bonds. The monoisotopic (exact) mass is 154 g/mol. The van der Waals surface area contributed by atoms with Gasteiger partial charge in [0.15, 0.2) is 0 Å². The van der Waals surface area contributed by atoms with Gasteiger partial charge in [-0.1, -0.05) is 0 Å². The lowest BCUT2D eigenvalue weighted by molar-refractivity contribution is 0.0305. The summed E-state index contributed by atoms with van der Waals surface area (Å²) in [6.07, 6.45) is 5.27. The molecular weight excluding hydrogens is 140 g/mol. The second kappa shape index (κ2) is 2.66. The number of nitrogens with zero attached hydrogens (tertiary/aromatic N) is 2. The zero-order valence-corrected chi connectivity index (χ0v) is 7.15. The van der Waals surface area contributed by atoms with Gasteiger partial charge < -0.3 is 9.67 Å². The molecular formula is C8H14N2O. The van der Waals surface area contributed by atoms with Crippen LogP contribution >= 0.6 is 0 Å². The maximum absolute atomic E-state index is 9.61. The summed E-state index contributed by atoms with van der Waals surface area (Å²) in [5, 5.41) is 9.61. The molecule has 1 atom stereocenters. The van der Waals surface area contributed by atoms with Crippen molar-refractivity contribution < 1.29 is 5.11 Å². The van der Waals surface area contributed by atoms with Gasteiger partial charge in [0, 0.05) is 12.4 Å². The Bertz CT molecular complexity index is 210. The Morgan fingerprint density at radius 3 is 2.55 bits per heavy atom. The fourth-order valence-electron chi connectivity index (χ4n) is 0.863. The van der Waals surface area contributed by atoms with Crippen LogP contribution in [0.4, 0.5) is 0 Å². The van der Waals surface area contributed by atoms with Gasteiger partial charge in [-0.25, -0.2) is 4.98 Å². The first kappa shape index (κ1) is 8.27. The van der Waals surface area contributed by atoms with Gasteiger partial charge in [-0.3, -0.25) is 0 Å². The summed E-state index contributed by atoms with van der Waals surface area (Å²) in [6.45, 7) is 5.54. The molecule has 1 heterocycles. The van der Waals surface area contributed by atoms with E-state index in [-0.39, 0.29) is 6.04 Å². The second-order valence-electron chi connectivity index (χ2n) is 3.34. The molecule has 0 radical (unpaired) electrons. The molecule has 0 aliphatic rings. The van der Waals surface area contributed by atoms with Crippen molar-refractivity contribution in [2.75, 3.05) is 0 Å². The van der Waals surface area contributed by atoms with E-state index in [2.05, 4.69) is 4.98 Å². The molecule has 0 bridgehead atoms. The average molecular weight is 154 g/mol. The predicted molar refractivity (Wildman–Crippen MR) is 43.2 cm³/mol. The Kier molecular flexibility index (Phi) is 2.00. The van der Waals surface area contributed by atoms with Crippen molar-refractivity contribution in [2.24, 2.45) is 0 Å². The first-order valence-corrected chi connectivity index (χ1v) is 3.71. The summed E-state index contributed by atoms with van der Waals surface area (Å²) in [5.74, 6) is 0. The highest BCUT2D eigenvalue weighted by Crippen LogP contribution is 2.20. The van der Waals surface area contributed by atoms with Gasteiger partial charge in [0.2, 0.25) is 0 Å². The lowest BCUT2D eigenvalue weighted by Gasteiger charge is -2.26. The first-order valence-electron chi connectivity index (χ1n) is 3.71. The third-order valence-electron chi connectivity index (χ3n) is 1.99. The molecule has 11 heavy (non-hydrogen) atoms. The molecule has 0 aromatic carbocycles. The van der Waals surface area contributed by atoms with Gasteiger partial charge in [0.1, 0.15) is 0 Å². The molecule has 62 valence electrons. The molecule has 1 N–H and O–H groups in total. The third kappa shape index (κ3) is 1.80. The van der Waals surface area contributed by atoms with Crippen LogP contribution < -0.4 is 0 Å². The molecule has 0 saturated carbocycles. The zero-order valence-electron chi connectivity index (χ0n) is 7.15. The number of aromatic nitrogens is 2. The van der Waals surface area contributed by atoms with Crippen molar-refractivity contribution in [3.8, 4) is 0 Å². The quantitative estimate of drug-likeness (QED) is 0.695. The molecule has 0 spiro atoms. The molecule has 0 saturated heterocycles. The Labute approximate surface area is 66.7 Å². The highest BCUT2D eigenvalue weighted by atomic mass is 16.3. The van der Waals surface area contributed by atoms with Crippen molar-refractivity contribution in [1.29, 1.82) is 0 Å². The number of rotatable bonds is 2. The van der Waals surface area contributed by atoms with Gasteiger partial charge in [-0.2, -0.15) is 0 Å². The fraction of sp³-hybridized carbons (Fsp3) is 0.625. The number of hydrogen-bond acceptors (Lipinski definition) is 2. The Balaban J connectivity index is 2.78. The molecule has 3 heteroatoms. The lowest BCUT2D eigenvalue weighted by Crippen LogP contribution is -2.30. The maximum Gasteiger partial charge on any atom is 0.0949 e. The summed E-state index contributed by atoms with van der Waals surface area (Å²) in [7, 11) is 0. The number of hydrogen-bond donors (Lipinski definition) is 1. The number of imidazole rings is 1. The maximum atomic E-state index is 9.61. The SMILES string of the molecule is CC(n1ccnc1)C(C)(C)O. The molecule has 3 nitrogen and oxygen atoms in total. The van der Waals surface area contributed by atoms with E-state index in [0.29, 0.717) is 0 Å². The molecule has 0 fully saturated rings. The summed E-state index contributed by atoms with van der Waals surface area (Å²) < 4.78 is 1.89. The van der Waals surface area contributed by atoms with Crippen molar-refractivity contribution in [2.45, 2.75) is 32.4 Å². The van der Waals surface area contributed by atoms with E-state index >= 15 is 0 Å². The van der Waals surface area contributed by atoms with E-state index in [9.17, 15) is 5.11 Å². The minimum Gasteiger partial charge on any atom is -0.388 e. The minimum atomic E-state index is -0.694. The highest BCUT2D eigenvalue weighted by Gasteiger charge is 2.22. The van der Waals surface area contributed by atoms with Crippen LogP contribution in [0.25, 0.3) is 0 Å². The first-order chi connectivity index (χ1) is 5.02. The van der Waals surface area contributed by atoms with Crippen LogP contribution in [0.5, 0.6) is 0 Å². The topological polar surface area (TPSA) is 38.0 Å². The van der Waals surface area contributed by atoms with Crippen molar-refractivity contribution in [1.82, 2.24) is 9.55 Å². The standard InChI is InChI=1S/C8H14N2O/c1-7(8(2,3)11)10-5-4-9-6-10/h4-7,11H,1-3H3. The van der Waals surface area contributed by atoms with Crippen LogP contribution in [-0.2, 0) is 0 Å². The predicted octanol–water partition coefficient (Wildman–Crippen LogP) is 1.21. The largest absolute Gasteiger partial charge is 0.388 e. The summed E-state index contributed by atoms with van der Waals surface area (Å²) in [4.78, 5) is 3.91. The molecule has 1 aromatic heterocycles. The summed E-state index contributed by atoms with van der Waals surface area (Å²) in [5.41, 5.74) is -0.694. The van der Waals surface area contributed by atoms with Crippen LogP contribution in [0.2, 0.25) is 0 Å².